The quantitative estimate of drug-likeness (QED) is 0.859. The largest absolute Gasteiger partial charge is 0.327 e. The highest BCUT2D eigenvalue weighted by atomic mass is 35.5. The van der Waals surface area contributed by atoms with E-state index in [2.05, 4.69) is 15.3 Å². The lowest BCUT2D eigenvalue weighted by atomic mass is 9.93. The second-order valence-electron chi connectivity index (χ2n) is 5.82. The number of rotatable bonds is 3. The Labute approximate surface area is 137 Å². The maximum atomic E-state index is 12.0. The first kappa shape index (κ1) is 18.2. The van der Waals surface area contributed by atoms with Crippen LogP contribution in [-0.4, -0.2) is 46.3 Å². The van der Waals surface area contributed by atoms with Crippen LogP contribution in [0.2, 0.25) is 0 Å². The number of nitrogens with one attached hydrogen (secondary N) is 1. The van der Waals surface area contributed by atoms with E-state index in [-0.39, 0.29) is 30.7 Å². The number of fused-ring (bicyclic) bond motifs is 2. The summed E-state index contributed by atoms with van der Waals surface area (Å²) in [5.41, 5.74) is 6.92. The van der Waals surface area contributed by atoms with Crippen molar-refractivity contribution in [2.45, 2.75) is 18.9 Å². The molecule has 1 unspecified atom stereocenters. The van der Waals surface area contributed by atoms with Crippen LogP contribution in [0.15, 0.2) is 12.4 Å². The van der Waals surface area contributed by atoms with E-state index in [4.69, 9.17) is 5.73 Å². The Bertz CT molecular complexity index is 467. The van der Waals surface area contributed by atoms with E-state index in [1.165, 1.54) is 12.8 Å². The van der Waals surface area contributed by atoms with Gasteiger partial charge in [0.05, 0.1) is 18.4 Å². The number of piperidine rings is 1. The summed E-state index contributed by atoms with van der Waals surface area (Å²) in [5, 5.41) is 6.91. The summed E-state index contributed by atoms with van der Waals surface area (Å²) in [6.45, 7) is 2.37. The standard InChI is InChI=1S/C13H21N5O.2ClH/c1-17-7-11(4-15-17)16-12(19)8-18-5-9-2-3-10(6-18)13(9)14;;/h4,7,9-10,13H,2-3,5-6,8,14H2,1H3,(H,16,19);2*1H/t9-,10+,13?;;. The van der Waals surface area contributed by atoms with E-state index in [0.29, 0.717) is 24.4 Å². The molecular weight excluding hydrogens is 313 g/mol. The Kier molecular flexibility index (Phi) is 6.46. The molecule has 21 heavy (non-hydrogen) atoms. The molecule has 1 aromatic heterocycles. The molecule has 8 heteroatoms. The Morgan fingerprint density at radius 3 is 2.52 bits per heavy atom. The van der Waals surface area contributed by atoms with Crippen molar-refractivity contribution in [3.05, 3.63) is 12.4 Å². The van der Waals surface area contributed by atoms with Crippen molar-refractivity contribution < 1.29 is 4.79 Å². The molecule has 2 heterocycles. The molecule has 1 aliphatic carbocycles. The van der Waals surface area contributed by atoms with E-state index >= 15 is 0 Å². The summed E-state index contributed by atoms with van der Waals surface area (Å²) in [6.07, 6.45) is 5.89. The number of likely N-dealkylation sites (tertiary alicyclic amines) is 1. The first-order valence-electron chi connectivity index (χ1n) is 6.88. The molecule has 0 spiro atoms. The molecule has 2 aliphatic rings. The van der Waals surface area contributed by atoms with Gasteiger partial charge in [-0.05, 0) is 24.7 Å². The zero-order valence-corrected chi connectivity index (χ0v) is 13.7. The van der Waals surface area contributed by atoms with Gasteiger partial charge in [0.15, 0.2) is 0 Å². The Hall–Kier alpha value is -0.820. The SMILES string of the molecule is Cl.Cl.Cn1cc(NC(=O)CN2C[C@H]3CC[C@@H](C2)C3N)cn1. The maximum Gasteiger partial charge on any atom is 0.238 e. The molecule has 1 aromatic rings. The number of aryl methyl sites for hydroxylation is 1. The van der Waals surface area contributed by atoms with Gasteiger partial charge in [0.25, 0.3) is 0 Å². The number of aromatic nitrogens is 2. The van der Waals surface area contributed by atoms with E-state index in [1.807, 2.05) is 7.05 Å². The zero-order chi connectivity index (χ0) is 13.4. The molecule has 2 fully saturated rings. The normalized spacial score (nSPS) is 27.6. The third-order valence-corrected chi connectivity index (χ3v) is 4.34. The number of anilines is 1. The van der Waals surface area contributed by atoms with Crippen LogP contribution in [0, 0.1) is 11.8 Å². The topological polar surface area (TPSA) is 76.2 Å². The monoisotopic (exact) mass is 335 g/mol. The number of hydrogen-bond donors (Lipinski definition) is 2. The second-order valence-corrected chi connectivity index (χ2v) is 5.82. The van der Waals surface area contributed by atoms with Crippen LogP contribution in [0.5, 0.6) is 0 Å². The first-order chi connectivity index (χ1) is 9.11. The minimum absolute atomic E-state index is 0. The number of nitrogens with two attached hydrogens (primary N) is 1. The molecule has 6 nitrogen and oxygen atoms in total. The van der Waals surface area contributed by atoms with Gasteiger partial charge in [-0.1, -0.05) is 0 Å². The van der Waals surface area contributed by atoms with E-state index in [9.17, 15) is 4.79 Å². The number of amides is 1. The van der Waals surface area contributed by atoms with Gasteiger partial charge in [0.1, 0.15) is 0 Å². The predicted octanol–water partition coefficient (Wildman–Crippen LogP) is 0.871. The molecule has 0 aromatic carbocycles. The molecule has 1 saturated carbocycles. The summed E-state index contributed by atoms with van der Waals surface area (Å²) < 4.78 is 1.68. The number of carbonyl (C=O) groups excluding carboxylic acids is 1. The van der Waals surface area contributed by atoms with E-state index < -0.39 is 0 Å². The summed E-state index contributed by atoms with van der Waals surface area (Å²) in [4.78, 5) is 14.2. The molecule has 1 amide bonds. The number of nitrogens with zero attached hydrogens (tertiary/aromatic N) is 3. The van der Waals surface area contributed by atoms with Gasteiger partial charge in [-0.2, -0.15) is 5.10 Å². The Morgan fingerprint density at radius 2 is 2.00 bits per heavy atom. The van der Waals surface area contributed by atoms with Crippen molar-refractivity contribution in [1.82, 2.24) is 14.7 Å². The molecule has 120 valence electrons. The smallest absolute Gasteiger partial charge is 0.238 e. The molecule has 2 bridgehead atoms. The number of hydrogen-bond acceptors (Lipinski definition) is 4. The fourth-order valence-electron chi connectivity index (χ4n) is 3.38. The summed E-state index contributed by atoms with van der Waals surface area (Å²) >= 11 is 0. The minimum atomic E-state index is 0. The molecule has 0 radical (unpaired) electrons. The Morgan fingerprint density at radius 1 is 1.38 bits per heavy atom. The van der Waals surface area contributed by atoms with Gasteiger partial charge in [-0.15, -0.1) is 24.8 Å². The average Bonchev–Trinajstić information content (AvgIpc) is 2.82. The van der Waals surface area contributed by atoms with Crippen molar-refractivity contribution in [3.8, 4) is 0 Å². The van der Waals surface area contributed by atoms with E-state index in [1.54, 1.807) is 17.1 Å². The average molecular weight is 336 g/mol. The molecule has 1 saturated heterocycles. The van der Waals surface area contributed by atoms with Gasteiger partial charge in [-0.25, -0.2) is 0 Å². The molecule has 1 aliphatic heterocycles. The second kappa shape index (κ2) is 7.45. The highest BCUT2D eigenvalue weighted by Gasteiger charge is 2.39. The van der Waals surface area contributed by atoms with Crippen LogP contribution in [0.1, 0.15) is 12.8 Å². The van der Waals surface area contributed by atoms with Gasteiger partial charge < -0.3 is 11.1 Å². The van der Waals surface area contributed by atoms with Crippen LogP contribution >= 0.6 is 24.8 Å². The number of halogens is 2. The third-order valence-electron chi connectivity index (χ3n) is 4.34. The van der Waals surface area contributed by atoms with Crippen molar-refractivity contribution in [2.75, 3.05) is 25.0 Å². The van der Waals surface area contributed by atoms with E-state index in [0.717, 1.165) is 18.8 Å². The van der Waals surface area contributed by atoms with Crippen molar-refractivity contribution in [1.29, 1.82) is 0 Å². The lowest BCUT2D eigenvalue weighted by Crippen LogP contribution is -2.50. The van der Waals surface area contributed by atoms with Crippen molar-refractivity contribution in [3.63, 3.8) is 0 Å². The summed E-state index contributed by atoms with van der Waals surface area (Å²) in [6, 6.07) is 0.345. The lowest BCUT2D eigenvalue weighted by Gasteiger charge is -2.35. The molecule has 3 N–H and O–H groups in total. The van der Waals surface area contributed by atoms with Crippen molar-refractivity contribution >= 4 is 36.4 Å². The first-order valence-corrected chi connectivity index (χ1v) is 6.88. The summed E-state index contributed by atoms with van der Waals surface area (Å²) in [7, 11) is 1.83. The molecule has 3 rings (SSSR count). The minimum Gasteiger partial charge on any atom is -0.327 e. The van der Waals surface area contributed by atoms with Gasteiger partial charge in [-0.3, -0.25) is 14.4 Å². The lowest BCUT2D eigenvalue weighted by molar-refractivity contribution is -0.117. The van der Waals surface area contributed by atoms with Crippen molar-refractivity contribution in [2.24, 2.45) is 24.6 Å². The maximum absolute atomic E-state index is 12.0. The van der Waals surface area contributed by atoms with Crippen LogP contribution in [0.25, 0.3) is 0 Å². The highest BCUT2D eigenvalue weighted by Crippen LogP contribution is 2.35. The van der Waals surface area contributed by atoms with Crippen LogP contribution in [0.3, 0.4) is 0 Å². The van der Waals surface area contributed by atoms with Crippen LogP contribution in [0.4, 0.5) is 5.69 Å². The predicted molar refractivity (Wildman–Crippen MR) is 87.0 cm³/mol. The van der Waals surface area contributed by atoms with Crippen LogP contribution in [-0.2, 0) is 11.8 Å². The van der Waals surface area contributed by atoms with Gasteiger partial charge in [0, 0.05) is 32.4 Å². The Balaban J connectivity index is 0.00000110. The number of carbonyl (C=O) groups is 1. The zero-order valence-electron chi connectivity index (χ0n) is 12.1. The highest BCUT2D eigenvalue weighted by molar-refractivity contribution is 5.91. The fourth-order valence-corrected chi connectivity index (χ4v) is 3.38. The van der Waals surface area contributed by atoms with Gasteiger partial charge in [0.2, 0.25) is 5.91 Å². The third kappa shape index (κ3) is 4.10. The molecular formula is C13H23Cl2N5O. The van der Waals surface area contributed by atoms with Crippen LogP contribution < -0.4 is 11.1 Å². The van der Waals surface area contributed by atoms with Gasteiger partial charge >= 0.3 is 0 Å². The molecule has 3 atom stereocenters. The fraction of sp³-hybridized carbons (Fsp3) is 0.692. The summed E-state index contributed by atoms with van der Waals surface area (Å²) in [5.74, 6) is 1.18.